The molecule has 1 aliphatic carbocycles. The lowest BCUT2D eigenvalue weighted by Gasteiger charge is -2.12. The zero-order chi connectivity index (χ0) is 21.1. The normalized spacial score (nSPS) is 13.1. The summed E-state index contributed by atoms with van der Waals surface area (Å²) in [4.78, 5) is 32.4. The molecule has 0 saturated carbocycles. The van der Waals surface area contributed by atoms with Crippen molar-refractivity contribution in [3.05, 3.63) is 56.4 Å². The van der Waals surface area contributed by atoms with Gasteiger partial charge in [0, 0.05) is 29.7 Å². The minimum absolute atomic E-state index is 0.00883. The van der Waals surface area contributed by atoms with Crippen LogP contribution in [0, 0.1) is 5.82 Å². The van der Waals surface area contributed by atoms with E-state index in [1.807, 2.05) is 0 Å². The molecule has 0 fully saturated rings. The highest BCUT2D eigenvalue weighted by molar-refractivity contribution is 7.99. The molecule has 3 aromatic rings. The van der Waals surface area contributed by atoms with Crippen LogP contribution in [0.15, 0.2) is 34.2 Å². The molecular weight excluding hydrogens is 423 g/mol. The number of Topliss-reactive ketones (excluding diaryl/α,β-unsaturated/α-hetero) is 1. The van der Waals surface area contributed by atoms with Crippen LogP contribution in [0.2, 0.25) is 0 Å². The number of rotatable bonds is 9. The summed E-state index contributed by atoms with van der Waals surface area (Å²) in [6, 6.07) is 5.62. The third kappa shape index (κ3) is 4.36. The summed E-state index contributed by atoms with van der Waals surface area (Å²) in [5, 5.41) is 1.46. The number of halogens is 1. The zero-order valence-corrected chi connectivity index (χ0v) is 18.4. The Kier molecular flexibility index (Phi) is 6.65. The van der Waals surface area contributed by atoms with E-state index in [0.717, 1.165) is 29.5 Å². The lowest BCUT2D eigenvalue weighted by molar-refractivity contribution is 0.0982. The number of thioether (sulfide) groups is 1. The molecule has 0 unspecified atom stereocenters. The minimum atomic E-state index is -0.350. The number of carbonyl (C=O) groups is 1. The molecule has 5 nitrogen and oxygen atoms in total. The van der Waals surface area contributed by atoms with E-state index >= 15 is 0 Å². The number of methoxy groups -OCH3 is 1. The van der Waals surface area contributed by atoms with Crippen molar-refractivity contribution in [1.29, 1.82) is 0 Å². The number of aryl methyl sites for hydroxylation is 2. The molecule has 1 aromatic carbocycles. The number of ketones is 1. The molecule has 0 spiro atoms. The molecule has 30 heavy (non-hydrogen) atoms. The van der Waals surface area contributed by atoms with Gasteiger partial charge >= 0.3 is 0 Å². The Labute approximate surface area is 182 Å². The lowest BCUT2D eigenvalue weighted by Crippen LogP contribution is -2.25. The van der Waals surface area contributed by atoms with E-state index in [4.69, 9.17) is 9.72 Å². The third-order valence-electron chi connectivity index (χ3n) is 5.25. The standard InChI is InChI=1S/C22H23FN2O3S2/c1-28-12-11-25-21(27)19-16-4-2-6-18(16)30-20(19)24-22(25)29-13-3-5-17(26)14-7-9-15(23)10-8-14/h7-10H,2-6,11-13H2,1H3. The van der Waals surface area contributed by atoms with E-state index in [1.165, 1.54) is 46.5 Å². The molecule has 0 amide bonds. The molecule has 4 rings (SSSR count). The van der Waals surface area contributed by atoms with Gasteiger partial charge in [-0.2, -0.15) is 0 Å². The first kappa shape index (κ1) is 21.2. The smallest absolute Gasteiger partial charge is 0.263 e. The SMILES string of the molecule is COCCn1c(SCCCC(=O)c2ccc(F)cc2)nc2sc3c(c2c1=O)CCC3. The first-order valence-corrected chi connectivity index (χ1v) is 11.8. The number of nitrogens with zero attached hydrogens (tertiary/aromatic N) is 2. The van der Waals surface area contributed by atoms with Gasteiger partial charge < -0.3 is 4.74 Å². The van der Waals surface area contributed by atoms with Gasteiger partial charge in [0.25, 0.3) is 5.56 Å². The first-order valence-electron chi connectivity index (χ1n) is 10.0. The molecule has 8 heteroatoms. The second kappa shape index (κ2) is 9.41. The Morgan fingerprint density at radius 2 is 2.10 bits per heavy atom. The van der Waals surface area contributed by atoms with Crippen molar-refractivity contribution >= 4 is 39.1 Å². The maximum Gasteiger partial charge on any atom is 0.263 e. The number of thiophene rings is 1. The number of hydrogen-bond acceptors (Lipinski definition) is 6. The molecule has 0 saturated heterocycles. The summed E-state index contributed by atoms with van der Waals surface area (Å²) in [6.07, 6.45) is 4.11. The maximum absolute atomic E-state index is 13.2. The number of ether oxygens (including phenoxy) is 1. The summed E-state index contributed by atoms with van der Waals surface area (Å²) in [6.45, 7) is 0.899. The molecule has 158 valence electrons. The number of benzene rings is 1. The van der Waals surface area contributed by atoms with Gasteiger partial charge in [0.1, 0.15) is 10.6 Å². The molecule has 0 radical (unpaired) electrons. The summed E-state index contributed by atoms with van der Waals surface area (Å²) in [5.74, 6) is 0.311. The van der Waals surface area contributed by atoms with Crippen molar-refractivity contribution in [2.45, 2.75) is 43.8 Å². The molecule has 0 bridgehead atoms. The Morgan fingerprint density at radius 1 is 1.30 bits per heavy atom. The van der Waals surface area contributed by atoms with Gasteiger partial charge in [0.05, 0.1) is 18.5 Å². The summed E-state index contributed by atoms with van der Waals surface area (Å²) in [7, 11) is 1.62. The third-order valence-corrected chi connectivity index (χ3v) is 7.50. The predicted molar refractivity (Wildman–Crippen MR) is 118 cm³/mol. The van der Waals surface area contributed by atoms with Crippen LogP contribution in [0.1, 0.15) is 40.1 Å². The topological polar surface area (TPSA) is 61.2 Å². The van der Waals surface area contributed by atoms with Crippen LogP contribution in [-0.2, 0) is 24.1 Å². The van der Waals surface area contributed by atoms with Gasteiger partial charge in [-0.15, -0.1) is 11.3 Å². The van der Waals surface area contributed by atoms with E-state index in [0.29, 0.717) is 42.5 Å². The minimum Gasteiger partial charge on any atom is -0.383 e. The fourth-order valence-electron chi connectivity index (χ4n) is 3.72. The van der Waals surface area contributed by atoms with Crippen LogP contribution in [0.4, 0.5) is 4.39 Å². The Hall–Kier alpha value is -2.03. The lowest BCUT2D eigenvalue weighted by atomic mass is 10.1. The van der Waals surface area contributed by atoms with Gasteiger partial charge in [-0.1, -0.05) is 11.8 Å². The summed E-state index contributed by atoms with van der Waals surface area (Å²) < 4.78 is 19.9. The molecule has 2 heterocycles. The molecule has 1 aliphatic rings. The van der Waals surface area contributed by atoms with Gasteiger partial charge in [0.15, 0.2) is 10.9 Å². The number of aromatic nitrogens is 2. The molecule has 0 N–H and O–H groups in total. The molecule has 2 aromatic heterocycles. The van der Waals surface area contributed by atoms with Crippen LogP contribution >= 0.6 is 23.1 Å². The van der Waals surface area contributed by atoms with E-state index in [2.05, 4.69) is 0 Å². The van der Waals surface area contributed by atoms with Crippen LogP contribution in [-0.4, -0.2) is 34.8 Å². The van der Waals surface area contributed by atoms with E-state index < -0.39 is 0 Å². The summed E-state index contributed by atoms with van der Waals surface area (Å²) >= 11 is 3.13. The van der Waals surface area contributed by atoms with Crippen molar-refractivity contribution in [2.75, 3.05) is 19.5 Å². The van der Waals surface area contributed by atoms with Crippen molar-refractivity contribution in [3.8, 4) is 0 Å². The van der Waals surface area contributed by atoms with Crippen LogP contribution in [0.25, 0.3) is 10.2 Å². The van der Waals surface area contributed by atoms with Crippen LogP contribution in [0.5, 0.6) is 0 Å². The fourth-order valence-corrected chi connectivity index (χ4v) is 5.99. The van der Waals surface area contributed by atoms with Crippen molar-refractivity contribution in [3.63, 3.8) is 0 Å². The number of fused-ring (bicyclic) bond motifs is 3. The van der Waals surface area contributed by atoms with Crippen molar-refractivity contribution in [2.24, 2.45) is 0 Å². The van der Waals surface area contributed by atoms with Crippen molar-refractivity contribution in [1.82, 2.24) is 9.55 Å². The second-order valence-corrected chi connectivity index (χ2v) is 9.41. The molecule has 0 aliphatic heterocycles. The largest absolute Gasteiger partial charge is 0.383 e. The highest BCUT2D eigenvalue weighted by Gasteiger charge is 2.23. The summed E-state index contributed by atoms with van der Waals surface area (Å²) in [5.41, 5.74) is 1.72. The first-order chi connectivity index (χ1) is 14.6. The average Bonchev–Trinajstić information content (AvgIpc) is 3.32. The molecular formula is C22H23FN2O3S2. The Balaban J connectivity index is 1.48. The maximum atomic E-state index is 13.2. The van der Waals surface area contributed by atoms with E-state index in [9.17, 15) is 14.0 Å². The monoisotopic (exact) mass is 446 g/mol. The highest BCUT2D eigenvalue weighted by atomic mass is 32.2. The van der Waals surface area contributed by atoms with Gasteiger partial charge in [-0.05, 0) is 55.5 Å². The average molecular weight is 447 g/mol. The molecule has 0 atom stereocenters. The second-order valence-electron chi connectivity index (χ2n) is 7.26. The predicted octanol–water partition coefficient (Wildman–Crippen LogP) is 4.49. The number of hydrogen-bond donors (Lipinski definition) is 0. The zero-order valence-electron chi connectivity index (χ0n) is 16.8. The quantitative estimate of drug-likeness (QED) is 0.210. The van der Waals surface area contributed by atoms with Gasteiger partial charge in [0.2, 0.25) is 0 Å². The van der Waals surface area contributed by atoms with Gasteiger partial charge in [-0.3, -0.25) is 14.2 Å². The van der Waals surface area contributed by atoms with Crippen LogP contribution < -0.4 is 5.56 Å². The van der Waals surface area contributed by atoms with E-state index in [-0.39, 0.29) is 17.2 Å². The fraction of sp³-hybridized carbons (Fsp3) is 0.409. The number of carbonyl (C=O) groups excluding carboxylic acids is 1. The van der Waals surface area contributed by atoms with Crippen LogP contribution in [0.3, 0.4) is 0 Å². The Bertz CT molecular complexity index is 1120. The van der Waals surface area contributed by atoms with Crippen molar-refractivity contribution < 1.29 is 13.9 Å². The van der Waals surface area contributed by atoms with E-state index in [1.54, 1.807) is 23.0 Å². The highest BCUT2D eigenvalue weighted by Crippen LogP contribution is 2.35. The Morgan fingerprint density at radius 3 is 2.87 bits per heavy atom. The van der Waals surface area contributed by atoms with Gasteiger partial charge in [-0.25, -0.2) is 9.37 Å².